The summed E-state index contributed by atoms with van der Waals surface area (Å²) in [6.07, 6.45) is 0.797. The molecule has 0 bridgehead atoms. The van der Waals surface area contributed by atoms with Crippen molar-refractivity contribution in [1.29, 1.82) is 0 Å². The van der Waals surface area contributed by atoms with E-state index in [4.69, 9.17) is 9.84 Å². The van der Waals surface area contributed by atoms with Crippen LogP contribution in [0.4, 0.5) is 9.93 Å². The number of rotatable bonds is 5. The average molecular weight is 300 g/mol. The number of amides is 1. The van der Waals surface area contributed by atoms with Crippen LogP contribution in [0.1, 0.15) is 44.2 Å². The molecule has 1 amide bonds. The van der Waals surface area contributed by atoms with Crippen LogP contribution in [0.25, 0.3) is 0 Å². The van der Waals surface area contributed by atoms with Crippen LogP contribution in [0.2, 0.25) is 0 Å². The lowest BCUT2D eigenvalue weighted by Gasteiger charge is -2.18. The normalized spacial score (nSPS) is 11.2. The second-order valence-corrected chi connectivity index (χ2v) is 6.49. The molecule has 0 aliphatic carbocycles. The van der Waals surface area contributed by atoms with Gasteiger partial charge in [-0.25, -0.2) is 9.78 Å². The minimum absolute atomic E-state index is 0.131. The molecule has 0 aliphatic heterocycles. The maximum atomic E-state index is 11.6. The summed E-state index contributed by atoms with van der Waals surface area (Å²) in [6, 6.07) is 0. The highest BCUT2D eigenvalue weighted by Crippen LogP contribution is 2.24. The van der Waals surface area contributed by atoms with Crippen molar-refractivity contribution in [3.05, 3.63) is 10.6 Å². The Balaban J connectivity index is 2.56. The van der Waals surface area contributed by atoms with Gasteiger partial charge in [0.15, 0.2) is 5.13 Å². The molecule has 0 aliphatic rings. The number of thiazole rings is 1. The van der Waals surface area contributed by atoms with Gasteiger partial charge in [-0.1, -0.05) is 0 Å². The van der Waals surface area contributed by atoms with Crippen LogP contribution < -0.4 is 5.32 Å². The van der Waals surface area contributed by atoms with Crippen molar-refractivity contribution in [1.82, 2.24) is 4.98 Å². The Kier molecular flexibility index (Phi) is 5.50. The van der Waals surface area contributed by atoms with Crippen LogP contribution in [-0.4, -0.2) is 27.8 Å². The van der Waals surface area contributed by atoms with E-state index in [0.29, 0.717) is 18.0 Å². The van der Waals surface area contributed by atoms with E-state index >= 15 is 0 Å². The Morgan fingerprint density at radius 2 is 2.05 bits per heavy atom. The van der Waals surface area contributed by atoms with Gasteiger partial charge in [0, 0.05) is 11.3 Å². The molecular weight excluding hydrogens is 280 g/mol. The smallest absolute Gasteiger partial charge is 0.413 e. The molecule has 0 spiro atoms. The van der Waals surface area contributed by atoms with Crippen LogP contribution in [0.3, 0.4) is 0 Å². The molecule has 0 radical (unpaired) electrons. The molecule has 1 aromatic heterocycles. The zero-order valence-electron chi connectivity index (χ0n) is 12.1. The van der Waals surface area contributed by atoms with Crippen molar-refractivity contribution in [2.45, 2.75) is 52.6 Å². The molecule has 20 heavy (non-hydrogen) atoms. The molecule has 7 heteroatoms. The van der Waals surface area contributed by atoms with E-state index in [1.807, 2.05) is 6.92 Å². The predicted octanol–water partition coefficient (Wildman–Crippen LogP) is 3.21. The number of carboxylic acid groups (broad SMARTS) is 1. The molecular formula is C13H20N2O4S. The fraction of sp³-hybridized carbons (Fsp3) is 0.615. The molecule has 1 aromatic rings. The van der Waals surface area contributed by atoms with E-state index in [0.717, 1.165) is 10.6 Å². The SMILES string of the molecule is Cc1nc(NC(=O)OC(C)(C)C)sc1CCCC(=O)O. The highest BCUT2D eigenvalue weighted by atomic mass is 32.1. The van der Waals surface area contributed by atoms with Gasteiger partial charge in [-0.2, -0.15) is 0 Å². The third kappa shape index (κ3) is 6.01. The van der Waals surface area contributed by atoms with Gasteiger partial charge in [-0.05, 0) is 40.5 Å². The lowest BCUT2D eigenvalue weighted by Crippen LogP contribution is -2.27. The van der Waals surface area contributed by atoms with Crippen molar-refractivity contribution in [3.8, 4) is 0 Å². The van der Waals surface area contributed by atoms with E-state index in [2.05, 4.69) is 10.3 Å². The van der Waals surface area contributed by atoms with Crippen LogP contribution in [0.5, 0.6) is 0 Å². The van der Waals surface area contributed by atoms with Gasteiger partial charge in [-0.3, -0.25) is 10.1 Å². The van der Waals surface area contributed by atoms with Crippen LogP contribution in [0.15, 0.2) is 0 Å². The summed E-state index contributed by atoms with van der Waals surface area (Å²) in [5.41, 5.74) is 0.257. The van der Waals surface area contributed by atoms with Gasteiger partial charge >= 0.3 is 12.1 Å². The number of anilines is 1. The first-order chi connectivity index (χ1) is 9.17. The van der Waals surface area contributed by atoms with Crippen molar-refractivity contribution in [3.63, 3.8) is 0 Å². The quantitative estimate of drug-likeness (QED) is 0.871. The number of carboxylic acids is 1. The highest BCUT2D eigenvalue weighted by Gasteiger charge is 2.18. The number of hydrogen-bond donors (Lipinski definition) is 2. The minimum atomic E-state index is -0.806. The number of carbonyl (C=O) groups excluding carboxylic acids is 1. The summed E-state index contributed by atoms with van der Waals surface area (Å²) in [4.78, 5) is 27.3. The Hall–Kier alpha value is -1.63. The molecule has 112 valence electrons. The summed E-state index contributed by atoms with van der Waals surface area (Å²) in [5, 5.41) is 11.7. The standard InChI is InChI=1S/C13H20N2O4S/c1-8-9(6-5-7-10(16)17)20-11(14-8)15-12(18)19-13(2,3)4/h5-7H2,1-4H3,(H,16,17)(H,14,15,18). The Bertz CT molecular complexity index is 491. The summed E-state index contributed by atoms with van der Waals surface area (Å²) < 4.78 is 5.14. The highest BCUT2D eigenvalue weighted by molar-refractivity contribution is 7.15. The number of aryl methyl sites for hydroxylation is 2. The Morgan fingerprint density at radius 3 is 2.60 bits per heavy atom. The molecule has 0 saturated heterocycles. The summed E-state index contributed by atoms with van der Waals surface area (Å²) in [6.45, 7) is 7.21. The zero-order chi connectivity index (χ0) is 15.3. The lowest BCUT2D eigenvalue weighted by molar-refractivity contribution is -0.137. The van der Waals surface area contributed by atoms with Gasteiger partial charge in [0.1, 0.15) is 5.60 Å². The molecule has 0 aromatic carbocycles. The van der Waals surface area contributed by atoms with Crippen molar-refractivity contribution in [2.75, 3.05) is 5.32 Å². The lowest BCUT2D eigenvalue weighted by atomic mass is 10.2. The van der Waals surface area contributed by atoms with E-state index in [-0.39, 0.29) is 6.42 Å². The minimum Gasteiger partial charge on any atom is -0.481 e. The van der Waals surface area contributed by atoms with Gasteiger partial charge in [0.2, 0.25) is 0 Å². The van der Waals surface area contributed by atoms with Crippen LogP contribution in [-0.2, 0) is 16.0 Å². The van der Waals surface area contributed by atoms with Gasteiger partial charge in [-0.15, -0.1) is 11.3 Å². The molecule has 2 N–H and O–H groups in total. The zero-order valence-corrected chi connectivity index (χ0v) is 13.0. The van der Waals surface area contributed by atoms with E-state index < -0.39 is 17.7 Å². The molecule has 0 saturated carbocycles. The summed E-state index contributed by atoms with van der Waals surface area (Å²) in [7, 11) is 0. The Labute approximate surface area is 122 Å². The molecule has 6 nitrogen and oxygen atoms in total. The molecule has 1 rings (SSSR count). The van der Waals surface area contributed by atoms with E-state index in [1.54, 1.807) is 20.8 Å². The fourth-order valence-corrected chi connectivity index (χ4v) is 2.49. The fourth-order valence-electron chi connectivity index (χ4n) is 1.50. The number of carbonyl (C=O) groups is 2. The third-order valence-electron chi connectivity index (χ3n) is 2.30. The first-order valence-corrected chi connectivity index (χ1v) is 7.17. The van der Waals surface area contributed by atoms with E-state index in [1.165, 1.54) is 11.3 Å². The number of aliphatic carboxylic acids is 1. The van der Waals surface area contributed by atoms with Crippen molar-refractivity contribution in [2.24, 2.45) is 0 Å². The largest absolute Gasteiger partial charge is 0.481 e. The number of ether oxygens (including phenoxy) is 1. The molecule has 0 fully saturated rings. The maximum Gasteiger partial charge on any atom is 0.413 e. The predicted molar refractivity (Wildman–Crippen MR) is 77.3 cm³/mol. The monoisotopic (exact) mass is 300 g/mol. The topological polar surface area (TPSA) is 88.5 Å². The van der Waals surface area contributed by atoms with Crippen LogP contribution in [0, 0.1) is 6.92 Å². The van der Waals surface area contributed by atoms with Gasteiger partial charge in [0.25, 0.3) is 0 Å². The van der Waals surface area contributed by atoms with Gasteiger partial charge in [0.05, 0.1) is 5.69 Å². The second-order valence-electron chi connectivity index (χ2n) is 5.40. The summed E-state index contributed by atoms with van der Waals surface area (Å²) >= 11 is 1.35. The first kappa shape index (κ1) is 16.4. The first-order valence-electron chi connectivity index (χ1n) is 6.35. The van der Waals surface area contributed by atoms with E-state index in [9.17, 15) is 9.59 Å². The van der Waals surface area contributed by atoms with Crippen LogP contribution >= 0.6 is 11.3 Å². The number of aromatic nitrogens is 1. The summed E-state index contributed by atoms with van der Waals surface area (Å²) in [5.74, 6) is -0.806. The third-order valence-corrected chi connectivity index (χ3v) is 3.43. The molecule has 1 heterocycles. The molecule has 0 unspecified atom stereocenters. The van der Waals surface area contributed by atoms with Gasteiger partial charge < -0.3 is 9.84 Å². The van der Waals surface area contributed by atoms with Crippen molar-refractivity contribution >= 4 is 28.5 Å². The number of hydrogen-bond acceptors (Lipinski definition) is 5. The number of nitrogens with one attached hydrogen (secondary N) is 1. The number of nitrogens with zero attached hydrogens (tertiary/aromatic N) is 1. The van der Waals surface area contributed by atoms with Crippen molar-refractivity contribution < 1.29 is 19.4 Å². The second kappa shape index (κ2) is 6.69. The Morgan fingerprint density at radius 1 is 1.40 bits per heavy atom. The average Bonchev–Trinajstić information content (AvgIpc) is 2.55. The maximum absolute atomic E-state index is 11.6. The molecule has 0 atom stereocenters.